The Balaban J connectivity index is 2.26. The molecule has 0 radical (unpaired) electrons. The molecular formula is C17H19N5O3. The van der Waals surface area contributed by atoms with E-state index in [2.05, 4.69) is 5.32 Å². The molecule has 1 atom stereocenters. The minimum atomic E-state index is -1.03. The van der Waals surface area contributed by atoms with Crippen molar-refractivity contribution in [3.8, 4) is 11.8 Å². The highest BCUT2D eigenvalue weighted by atomic mass is 16.6. The van der Waals surface area contributed by atoms with Crippen LogP contribution in [0.1, 0.15) is 25.3 Å². The molecular weight excluding hydrogens is 322 g/mol. The molecule has 8 heteroatoms. The maximum absolute atomic E-state index is 11.9. The van der Waals surface area contributed by atoms with Gasteiger partial charge in [-0.1, -0.05) is 32.0 Å². The number of phenols is 1. The van der Waals surface area contributed by atoms with Crippen LogP contribution in [0.5, 0.6) is 5.75 Å². The van der Waals surface area contributed by atoms with E-state index >= 15 is 0 Å². The maximum Gasteiger partial charge on any atom is 0.299 e. The van der Waals surface area contributed by atoms with Crippen LogP contribution in [-0.4, -0.2) is 28.0 Å². The van der Waals surface area contributed by atoms with Crippen LogP contribution in [0.4, 0.5) is 0 Å². The first kappa shape index (κ1) is 16.6. The fourth-order valence-corrected chi connectivity index (χ4v) is 3.33. The van der Waals surface area contributed by atoms with Gasteiger partial charge in [0.25, 0.3) is 5.70 Å². The number of allylic oxidation sites excluding steroid dienone is 1. The summed E-state index contributed by atoms with van der Waals surface area (Å²) in [4.78, 5) is 12.9. The maximum atomic E-state index is 11.9. The van der Waals surface area contributed by atoms with E-state index in [0.717, 1.165) is 0 Å². The molecule has 2 heterocycles. The number of nitrogens with zero attached hydrogens (tertiary/aromatic N) is 3. The van der Waals surface area contributed by atoms with E-state index < -0.39 is 10.8 Å². The zero-order valence-electron chi connectivity index (χ0n) is 14.0. The van der Waals surface area contributed by atoms with Crippen LogP contribution in [-0.2, 0) is 0 Å². The smallest absolute Gasteiger partial charge is 0.299 e. The van der Waals surface area contributed by atoms with Gasteiger partial charge in [-0.15, -0.1) is 0 Å². The van der Waals surface area contributed by atoms with Crippen molar-refractivity contribution < 1.29 is 10.0 Å². The number of benzene rings is 1. The minimum absolute atomic E-state index is 0.0662. The number of hydrogen-bond donors (Lipinski definition) is 3. The van der Waals surface area contributed by atoms with Gasteiger partial charge in [0.1, 0.15) is 17.5 Å². The molecule has 25 heavy (non-hydrogen) atoms. The molecule has 0 bridgehead atoms. The van der Waals surface area contributed by atoms with Gasteiger partial charge in [-0.25, -0.2) is 0 Å². The van der Waals surface area contributed by atoms with Gasteiger partial charge < -0.3 is 21.1 Å². The molecule has 0 amide bonds. The molecule has 1 fully saturated rings. The highest BCUT2D eigenvalue weighted by Gasteiger charge is 2.46. The van der Waals surface area contributed by atoms with Gasteiger partial charge in [-0.05, 0) is 6.07 Å². The van der Waals surface area contributed by atoms with Crippen LogP contribution >= 0.6 is 0 Å². The summed E-state index contributed by atoms with van der Waals surface area (Å²) < 4.78 is 0. The van der Waals surface area contributed by atoms with Crippen molar-refractivity contribution in [3.05, 3.63) is 62.9 Å². The lowest BCUT2D eigenvalue weighted by atomic mass is 9.83. The van der Waals surface area contributed by atoms with E-state index in [1.54, 1.807) is 23.1 Å². The zero-order valence-corrected chi connectivity index (χ0v) is 14.0. The highest BCUT2D eigenvalue weighted by molar-refractivity contribution is 5.53. The second-order valence-electron chi connectivity index (χ2n) is 7.00. The standard InChI is InChI=1S/C17H19N5O3/c1-17(2)8-20-16-14(22(24)25)13(10-5-3-4-6-12(10)23)11(7-18)15(19)21(16)9-17/h3-6,13,20,23H,8-9,19H2,1-2H3. The highest BCUT2D eigenvalue weighted by Crippen LogP contribution is 2.44. The van der Waals surface area contributed by atoms with Crippen molar-refractivity contribution in [1.29, 1.82) is 5.26 Å². The van der Waals surface area contributed by atoms with Crippen molar-refractivity contribution in [3.63, 3.8) is 0 Å². The normalized spacial score (nSPS) is 22.1. The van der Waals surface area contributed by atoms with Gasteiger partial charge in [0.15, 0.2) is 5.82 Å². The number of aromatic hydroxyl groups is 1. The lowest BCUT2D eigenvalue weighted by Crippen LogP contribution is -2.53. The van der Waals surface area contributed by atoms with Crippen LogP contribution in [0, 0.1) is 26.9 Å². The van der Waals surface area contributed by atoms with E-state index in [4.69, 9.17) is 5.73 Å². The summed E-state index contributed by atoms with van der Waals surface area (Å²) in [6.45, 7) is 5.02. The van der Waals surface area contributed by atoms with E-state index in [0.29, 0.717) is 13.1 Å². The van der Waals surface area contributed by atoms with Gasteiger partial charge in [0, 0.05) is 24.1 Å². The number of nitriles is 1. The Morgan fingerprint density at radius 1 is 1.48 bits per heavy atom. The number of hydrogen-bond acceptors (Lipinski definition) is 7. The van der Waals surface area contributed by atoms with Crippen molar-refractivity contribution >= 4 is 0 Å². The Morgan fingerprint density at radius 2 is 2.16 bits per heavy atom. The average Bonchev–Trinajstić information content (AvgIpc) is 2.55. The molecule has 4 N–H and O–H groups in total. The third-order valence-electron chi connectivity index (χ3n) is 4.53. The Kier molecular flexibility index (Phi) is 3.80. The fraction of sp³-hybridized carbons (Fsp3) is 0.353. The second kappa shape index (κ2) is 5.70. The number of para-hydroxylation sites is 1. The molecule has 130 valence electrons. The predicted molar refractivity (Wildman–Crippen MR) is 90.2 cm³/mol. The largest absolute Gasteiger partial charge is 0.508 e. The van der Waals surface area contributed by atoms with E-state index in [9.17, 15) is 20.5 Å². The molecule has 2 aliphatic rings. The number of rotatable bonds is 2. The van der Waals surface area contributed by atoms with Crippen LogP contribution in [0.2, 0.25) is 0 Å². The minimum Gasteiger partial charge on any atom is -0.508 e. The summed E-state index contributed by atoms with van der Waals surface area (Å²) in [5.41, 5.74) is 6.21. The Bertz CT molecular complexity index is 850. The number of nitrogens with one attached hydrogen (secondary N) is 1. The Morgan fingerprint density at radius 3 is 2.76 bits per heavy atom. The van der Waals surface area contributed by atoms with Gasteiger partial charge in [-0.3, -0.25) is 10.1 Å². The Hall–Kier alpha value is -3.21. The van der Waals surface area contributed by atoms with Crippen molar-refractivity contribution in [2.24, 2.45) is 11.1 Å². The van der Waals surface area contributed by atoms with E-state index in [1.807, 2.05) is 19.9 Å². The summed E-state index contributed by atoms with van der Waals surface area (Å²) >= 11 is 0. The summed E-state index contributed by atoms with van der Waals surface area (Å²) in [7, 11) is 0. The SMILES string of the molecule is CC1(C)CNC2=C([N+](=O)[O-])C(c3ccccc3O)C(C#N)=C(N)N2C1. The summed E-state index contributed by atoms with van der Waals surface area (Å²) in [6, 6.07) is 8.29. The van der Waals surface area contributed by atoms with Crippen molar-refractivity contribution in [2.75, 3.05) is 13.1 Å². The first-order valence-electron chi connectivity index (χ1n) is 7.84. The van der Waals surface area contributed by atoms with E-state index in [1.165, 1.54) is 6.07 Å². The van der Waals surface area contributed by atoms with Crippen molar-refractivity contribution in [2.45, 2.75) is 19.8 Å². The lowest BCUT2D eigenvalue weighted by Gasteiger charge is -2.44. The van der Waals surface area contributed by atoms with Gasteiger partial charge in [0.05, 0.1) is 16.6 Å². The molecule has 1 saturated heterocycles. The third kappa shape index (κ3) is 2.63. The van der Waals surface area contributed by atoms with Gasteiger partial charge >= 0.3 is 0 Å². The van der Waals surface area contributed by atoms with Gasteiger partial charge in [0.2, 0.25) is 0 Å². The molecule has 1 unspecified atom stereocenters. The van der Waals surface area contributed by atoms with Crippen LogP contribution < -0.4 is 11.1 Å². The fourth-order valence-electron chi connectivity index (χ4n) is 3.33. The number of fused-ring (bicyclic) bond motifs is 1. The topological polar surface area (TPSA) is 128 Å². The summed E-state index contributed by atoms with van der Waals surface area (Å²) in [6.07, 6.45) is 0. The molecule has 0 spiro atoms. The monoisotopic (exact) mass is 341 g/mol. The first-order valence-corrected chi connectivity index (χ1v) is 7.84. The third-order valence-corrected chi connectivity index (χ3v) is 4.53. The molecule has 0 saturated carbocycles. The molecule has 0 aromatic heterocycles. The summed E-state index contributed by atoms with van der Waals surface area (Å²) in [5, 5.41) is 34.8. The number of phenolic OH excluding ortho intramolecular Hbond substituents is 1. The molecule has 0 aliphatic carbocycles. The molecule has 2 aliphatic heterocycles. The number of nitro groups is 1. The summed E-state index contributed by atoms with van der Waals surface area (Å²) in [5.74, 6) is -0.676. The van der Waals surface area contributed by atoms with Gasteiger partial charge in [-0.2, -0.15) is 5.26 Å². The van der Waals surface area contributed by atoms with Crippen LogP contribution in [0.25, 0.3) is 0 Å². The predicted octanol–water partition coefficient (Wildman–Crippen LogP) is 1.56. The Labute approximate surface area is 145 Å². The lowest BCUT2D eigenvalue weighted by molar-refractivity contribution is -0.432. The molecule has 3 rings (SSSR count). The van der Waals surface area contributed by atoms with Crippen LogP contribution in [0.15, 0.2) is 47.2 Å². The average molecular weight is 341 g/mol. The molecule has 8 nitrogen and oxygen atoms in total. The van der Waals surface area contributed by atoms with E-state index in [-0.39, 0.29) is 39.6 Å². The van der Waals surface area contributed by atoms with Crippen molar-refractivity contribution in [1.82, 2.24) is 10.2 Å². The van der Waals surface area contributed by atoms with Crippen LogP contribution in [0.3, 0.4) is 0 Å². The first-order chi connectivity index (χ1) is 11.8. The second-order valence-corrected chi connectivity index (χ2v) is 7.00. The molecule has 1 aromatic rings. The zero-order chi connectivity index (χ0) is 18.4. The number of nitrogens with two attached hydrogens (primary N) is 1. The quantitative estimate of drug-likeness (QED) is 0.550. The molecule has 1 aromatic carbocycles.